The molecule has 0 aliphatic rings. The second-order valence-corrected chi connectivity index (χ2v) is 6.13. The minimum atomic E-state index is -4.18. The number of aliphatic carboxylic acids is 1. The molecule has 0 saturated carbocycles. The van der Waals surface area contributed by atoms with Crippen LogP contribution in [-0.2, 0) is 9.36 Å². The second kappa shape index (κ2) is 9.50. The Morgan fingerprint density at radius 3 is 2.17 bits per heavy atom. The lowest BCUT2D eigenvalue weighted by Crippen LogP contribution is -2.31. The van der Waals surface area contributed by atoms with Crippen LogP contribution in [0.15, 0.2) is 0 Å². The van der Waals surface area contributed by atoms with Gasteiger partial charge in [0.2, 0.25) is 0 Å². The summed E-state index contributed by atoms with van der Waals surface area (Å²) in [5.41, 5.74) is 0. The Balaban J connectivity index is 3.87. The molecular formula is C11H24NO5P. The van der Waals surface area contributed by atoms with Gasteiger partial charge >= 0.3 is 13.6 Å². The first-order valence-corrected chi connectivity index (χ1v) is 8.13. The van der Waals surface area contributed by atoms with Gasteiger partial charge in [0, 0.05) is 0 Å². The van der Waals surface area contributed by atoms with Crippen LogP contribution in [0, 0.1) is 0 Å². The summed E-state index contributed by atoms with van der Waals surface area (Å²) >= 11 is 0. The van der Waals surface area contributed by atoms with Gasteiger partial charge in [0.25, 0.3) is 0 Å². The topological polar surface area (TPSA) is 98.1 Å². The van der Waals surface area contributed by atoms with Crippen LogP contribution in [0.5, 0.6) is 0 Å². The minimum absolute atomic E-state index is 0.319. The van der Waals surface area contributed by atoms with E-state index in [0.717, 1.165) is 25.7 Å². The predicted molar refractivity (Wildman–Crippen MR) is 69.5 cm³/mol. The van der Waals surface area contributed by atoms with E-state index >= 15 is 0 Å². The van der Waals surface area contributed by atoms with Gasteiger partial charge in [-0.25, -0.2) is 0 Å². The van der Waals surface area contributed by atoms with Crippen LogP contribution in [0.1, 0.15) is 45.4 Å². The van der Waals surface area contributed by atoms with Gasteiger partial charge < -0.3 is 14.9 Å². The summed E-state index contributed by atoms with van der Waals surface area (Å²) in [6, 6.07) is 0. The highest BCUT2D eigenvalue weighted by molar-refractivity contribution is 7.51. The van der Waals surface area contributed by atoms with Gasteiger partial charge in [-0.05, 0) is 13.0 Å². The predicted octanol–water partition coefficient (Wildman–Crippen LogP) is 1.87. The molecule has 0 fully saturated rings. The van der Waals surface area contributed by atoms with Crippen LogP contribution in [0.4, 0.5) is 0 Å². The largest absolute Gasteiger partial charge is 0.480 e. The number of carboxylic acid groups (broad SMARTS) is 1. The minimum Gasteiger partial charge on any atom is -0.480 e. The molecule has 0 saturated heterocycles. The number of carbonyl (C=O) groups is 1. The molecule has 0 rings (SSSR count). The van der Waals surface area contributed by atoms with Gasteiger partial charge in [-0.1, -0.05) is 39.0 Å². The van der Waals surface area contributed by atoms with E-state index in [1.54, 1.807) is 0 Å². The van der Waals surface area contributed by atoms with E-state index in [9.17, 15) is 9.36 Å². The monoisotopic (exact) mass is 281 g/mol. The van der Waals surface area contributed by atoms with Crippen LogP contribution >= 0.6 is 7.60 Å². The number of carboxylic acids is 1. The summed E-state index contributed by atoms with van der Waals surface area (Å²) in [5, 5.41) is 8.66. The van der Waals surface area contributed by atoms with Crippen LogP contribution in [0.2, 0.25) is 0 Å². The van der Waals surface area contributed by atoms with E-state index in [1.807, 2.05) is 0 Å². The maximum Gasteiger partial charge on any atom is 0.339 e. The Bertz CT molecular complexity index is 279. The molecule has 0 aliphatic carbocycles. The van der Waals surface area contributed by atoms with E-state index in [1.165, 1.54) is 17.7 Å². The number of unbranched alkanes of at least 4 members (excludes halogenated alkanes) is 5. The van der Waals surface area contributed by atoms with Crippen LogP contribution < -0.4 is 0 Å². The first-order chi connectivity index (χ1) is 8.35. The van der Waals surface area contributed by atoms with Gasteiger partial charge in [-0.15, -0.1) is 0 Å². The van der Waals surface area contributed by atoms with E-state index in [0.29, 0.717) is 6.54 Å². The summed E-state index contributed by atoms with van der Waals surface area (Å²) in [7, 11) is -4.18. The normalized spacial score (nSPS) is 12.0. The lowest BCUT2D eigenvalue weighted by molar-refractivity contribution is -0.138. The molecule has 6 nitrogen and oxygen atoms in total. The SMILES string of the molecule is CCCCCCCCN(CC(=O)O)CP(=O)(O)O. The third-order valence-electron chi connectivity index (χ3n) is 2.57. The van der Waals surface area contributed by atoms with Crippen molar-refractivity contribution >= 4 is 13.6 Å². The summed E-state index contributed by atoms with van der Waals surface area (Å²) in [6.45, 7) is 2.23. The van der Waals surface area contributed by atoms with Crippen molar-refractivity contribution in [2.45, 2.75) is 45.4 Å². The fraction of sp³-hybridized carbons (Fsp3) is 0.909. The Morgan fingerprint density at radius 1 is 1.11 bits per heavy atom. The molecule has 0 bridgehead atoms. The molecule has 0 aromatic heterocycles. The molecule has 108 valence electrons. The zero-order valence-electron chi connectivity index (χ0n) is 10.9. The molecule has 0 aromatic carbocycles. The number of hydrogen-bond acceptors (Lipinski definition) is 3. The van der Waals surface area contributed by atoms with Crippen LogP contribution in [0.3, 0.4) is 0 Å². The first-order valence-electron chi connectivity index (χ1n) is 6.34. The highest BCUT2D eigenvalue weighted by Crippen LogP contribution is 2.35. The number of hydrogen-bond donors (Lipinski definition) is 3. The molecule has 0 heterocycles. The lowest BCUT2D eigenvalue weighted by atomic mass is 10.1. The van der Waals surface area contributed by atoms with Gasteiger partial charge in [0.05, 0.1) is 6.54 Å². The van der Waals surface area contributed by atoms with E-state index in [-0.39, 0.29) is 6.54 Å². The van der Waals surface area contributed by atoms with Gasteiger partial charge in [0.1, 0.15) is 6.29 Å². The van der Waals surface area contributed by atoms with Crippen molar-refractivity contribution in [3.8, 4) is 0 Å². The van der Waals surface area contributed by atoms with Gasteiger partial charge in [-0.3, -0.25) is 14.3 Å². The molecular weight excluding hydrogens is 257 g/mol. The van der Waals surface area contributed by atoms with E-state index < -0.39 is 19.9 Å². The maximum atomic E-state index is 10.9. The lowest BCUT2D eigenvalue weighted by Gasteiger charge is -2.20. The second-order valence-electron chi connectivity index (χ2n) is 4.52. The molecule has 0 atom stereocenters. The fourth-order valence-corrected chi connectivity index (χ4v) is 2.53. The molecule has 0 unspecified atom stereocenters. The van der Waals surface area contributed by atoms with Crippen molar-refractivity contribution in [3.63, 3.8) is 0 Å². The molecule has 0 amide bonds. The summed E-state index contributed by atoms with van der Waals surface area (Å²) in [6.07, 6.45) is 5.88. The van der Waals surface area contributed by atoms with Gasteiger partial charge in [-0.2, -0.15) is 0 Å². The number of nitrogens with zero attached hydrogens (tertiary/aromatic N) is 1. The van der Waals surface area contributed by atoms with Crippen molar-refractivity contribution in [3.05, 3.63) is 0 Å². The summed E-state index contributed by atoms with van der Waals surface area (Å²) in [5.74, 6) is -1.06. The number of rotatable bonds is 11. The third kappa shape index (κ3) is 12.0. The molecule has 7 heteroatoms. The Hall–Kier alpha value is -0.420. The van der Waals surface area contributed by atoms with Crippen molar-refractivity contribution in [1.82, 2.24) is 4.90 Å². The van der Waals surface area contributed by atoms with E-state index in [4.69, 9.17) is 14.9 Å². The van der Waals surface area contributed by atoms with Crippen LogP contribution in [-0.4, -0.2) is 45.1 Å². The van der Waals surface area contributed by atoms with Crippen molar-refractivity contribution in [2.75, 3.05) is 19.4 Å². The molecule has 18 heavy (non-hydrogen) atoms. The highest BCUT2D eigenvalue weighted by atomic mass is 31.2. The molecule has 0 radical (unpaired) electrons. The quantitative estimate of drug-likeness (QED) is 0.395. The maximum absolute atomic E-state index is 10.9. The smallest absolute Gasteiger partial charge is 0.339 e. The standard InChI is InChI=1S/C11H24NO5P/c1-2-3-4-5-6-7-8-12(9-11(13)14)10-18(15,16)17/h2-10H2,1H3,(H,13,14)(H2,15,16,17). The molecule has 0 spiro atoms. The van der Waals surface area contributed by atoms with Crippen molar-refractivity contribution in [1.29, 1.82) is 0 Å². The molecule has 3 N–H and O–H groups in total. The Morgan fingerprint density at radius 2 is 1.67 bits per heavy atom. The fourth-order valence-electron chi connectivity index (χ4n) is 1.77. The first kappa shape index (κ1) is 17.6. The Labute approximate surface area is 108 Å². The van der Waals surface area contributed by atoms with Gasteiger partial charge in [0.15, 0.2) is 0 Å². The van der Waals surface area contributed by atoms with E-state index in [2.05, 4.69) is 6.92 Å². The highest BCUT2D eigenvalue weighted by Gasteiger charge is 2.20. The molecule has 0 aliphatic heterocycles. The zero-order chi connectivity index (χ0) is 14.0. The summed E-state index contributed by atoms with van der Waals surface area (Å²) < 4.78 is 10.9. The van der Waals surface area contributed by atoms with Crippen molar-refractivity contribution < 1.29 is 24.3 Å². The van der Waals surface area contributed by atoms with Crippen molar-refractivity contribution in [2.24, 2.45) is 0 Å². The Kier molecular flexibility index (Phi) is 9.28. The van der Waals surface area contributed by atoms with Crippen LogP contribution in [0.25, 0.3) is 0 Å². The summed E-state index contributed by atoms with van der Waals surface area (Å²) in [4.78, 5) is 29.6. The molecule has 0 aromatic rings. The zero-order valence-corrected chi connectivity index (χ0v) is 11.8. The average Bonchev–Trinajstić information content (AvgIpc) is 2.19. The average molecular weight is 281 g/mol. The third-order valence-corrected chi connectivity index (χ3v) is 3.34.